The predicted molar refractivity (Wildman–Crippen MR) is 25.9 cm³/mol. The molecule has 0 saturated heterocycles. The molecule has 0 aliphatic carbocycles. The SMILES string of the molecule is CNC[CH2][SnH]. The van der Waals surface area contributed by atoms with Crippen LogP contribution < -0.4 is 5.32 Å². The molecule has 0 heterocycles. The monoisotopic (exact) mass is 179 g/mol. The second-order valence-electron chi connectivity index (χ2n) is 0.892. The van der Waals surface area contributed by atoms with E-state index >= 15 is 0 Å². The van der Waals surface area contributed by atoms with E-state index in [0.29, 0.717) is 0 Å². The van der Waals surface area contributed by atoms with Gasteiger partial charge < -0.3 is 0 Å². The Morgan fingerprint density at radius 3 is 2.40 bits per heavy atom. The molecule has 0 aromatic carbocycles. The van der Waals surface area contributed by atoms with Crippen molar-refractivity contribution in [2.24, 2.45) is 0 Å². The summed E-state index contributed by atoms with van der Waals surface area (Å²) in [4.78, 5) is 0. The molecule has 0 rings (SSSR count). The van der Waals surface area contributed by atoms with Crippen molar-refractivity contribution in [3.8, 4) is 0 Å². The van der Waals surface area contributed by atoms with Crippen molar-refractivity contribution >= 4 is 22.5 Å². The Hall–Kier alpha value is 0.759. The van der Waals surface area contributed by atoms with Gasteiger partial charge in [-0.1, -0.05) is 0 Å². The fourth-order valence-electron chi connectivity index (χ4n) is 0.144. The van der Waals surface area contributed by atoms with E-state index in [1.807, 2.05) is 7.05 Å². The Morgan fingerprint density at radius 1 is 1.80 bits per heavy atom. The van der Waals surface area contributed by atoms with E-state index in [0.717, 1.165) is 0 Å². The summed E-state index contributed by atoms with van der Waals surface area (Å²) < 4.78 is 1.36. The zero-order valence-corrected chi connectivity index (χ0v) is 6.79. The minimum absolute atomic E-state index is 1.20. The summed E-state index contributed by atoms with van der Waals surface area (Å²) in [6, 6.07) is 0. The first-order valence-electron chi connectivity index (χ1n) is 1.76. The second kappa shape index (κ2) is 4.76. The minimum atomic E-state index is 1.20. The molecule has 0 amide bonds. The van der Waals surface area contributed by atoms with Crippen molar-refractivity contribution in [1.29, 1.82) is 0 Å². The van der Waals surface area contributed by atoms with Crippen molar-refractivity contribution in [3.63, 3.8) is 0 Å². The Balaban J connectivity index is 2.19. The van der Waals surface area contributed by atoms with Crippen LogP contribution in [0.25, 0.3) is 0 Å². The summed E-state index contributed by atoms with van der Waals surface area (Å²) >= 11 is 1.39. The van der Waals surface area contributed by atoms with Gasteiger partial charge in [0.05, 0.1) is 0 Å². The maximum absolute atomic E-state index is 3.05. The third-order valence-corrected chi connectivity index (χ3v) is 1.22. The summed E-state index contributed by atoms with van der Waals surface area (Å²) in [5.41, 5.74) is 0. The third-order valence-electron chi connectivity index (χ3n) is 0.394. The molecule has 1 N–H and O–H groups in total. The molecule has 1 nitrogen and oxygen atoms in total. The summed E-state index contributed by atoms with van der Waals surface area (Å²) in [5.74, 6) is 0. The second-order valence-corrected chi connectivity index (χ2v) is 2.54. The molecule has 0 aromatic rings. The maximum atomic E-state index is 3.05. The molecular formula is C3H9NSn. The van der Waals surface area contributed by atoms with E-state index in [-0.39, 0.29) is 0 Å². The van der Waals surface area contributed by atoms with Crippen molar-refractivity contribution in [2.45, 2.75) is 4.44 Å². The van der Waals surface area contributed by atoms with Crippen LogP contribution in [-0.2, 0) is 0 Å². The van der Waals surface area contributed by atoms with Crippen LogP contribution in [0.5, 0.6) is 0 Å². The summed E-state index contributed by atoms with van der Waals surface area (Å²) in [6.07, 6.45) is 0. The Labute approximate surface area is 46.2 Å². The van der Waals surface area contributed by atoms with Crippen molar-refractivity contribution in [3.05, 3.63) is 0 Å². The first-order valence-corrected chi connectivity index (χ1v) is 4.09. The average molecular weight is 178 g/mol. The van der Waals surface area contributed by atoms with E-state index < -0.39 is 0 Å². The van der Waals surface area contributed by atoms with Gasteiger partial charge in [-0.05, 0) is 0 Å². The zero-order valence-electron chi connectivity index (χ0n) is 3.49. The summed E-state index contributed by atoms with van der Waals surface area (Å²) in [5, 5.41) is 3.05. The first kappa shape index (κ1) is 5.76. The molecule has 0 atom stereocenters. The van der Waals surface area contributed by atoms with Gasteiger partial charge in [0, 0.05) is 0 Å². The number of rotatable bonds is 2. The normalized spacial score (nSPS) is 8.40. The Morgan fingerprint density at radius 2 is 2.40 bits per heavy atom. The van der Waals surface area contributed by atoms with E-state index in [9.17, 15) is 0 Å². The van der Waals surface area contributed by atoms with Crippen LogP contribution in [0.3, 0.4) is 0 Å². The Bertz CT molecular complexity index is 14.4. The molecule has 5 heavy (non-hydrogen) atoms. The van der Waals surface area contributed by atoms with Gasteiger partial charge >= 0.3 is 45.9 Å². The van der Waals surface area contributed by atoms with Crippen LogP contribution in [0.2, 0.25) is 4.44 Å². The molecule has 0 unspecified atom stereocenters. The van der Waals surface area contributed by atoms with Gasteiger partial charge in [-0.2, -0.15) is 0 Å². The number of nitrogens with one attached hydrogen (secondary N) is 1. The van der Waals surface area contributed by atoms with Gasteiger partial charge in [-0.25, -0.2) is 0 Å². The van der Waals surface area contributed by atoms with Crippen LogP contribution in [-0.4, -0.2) is 36.1 Å². The molecule has 0 fully saturated rings. The molecule has 0 aliphatic heterocycles. The molecule has 2 radical (unpaired) electrons. The average Bonchev–Trinajstić information content (AvgIpc) is 1.41. The molecular weight excluding hydrogens is 169 g/mol. The van der Waals surface area contributed by atoms with Crippen LogP contribution in [0.4, 0.5) is 0 Å². The molecule has 0 spiro atoms. The van der Waals surface area contributed by atoms with Crippen molar-refractivity contribution in [1.82, 2.24) is 5.32 Å². The third kappa shape index (κ3) is 4.76. The predicted octanol–water partition coefficient (Wildman–Crippen LogP) is -0.475. The molecule has 0 aromatic heterocycles. The van der Waals surface area contributed by atoms with E-state index in [1.165, 1.54) is 33.5 Å². The van der Waals surface area contributed by atoms with Gasteiger partial charge in [-0.3, -0.25) is 0 Å². The van der Waals surface area contributed by atoms with E-state index in [4.69, 9.17) is 0 Å². The zero-order chi connectivity index (χ0) is 4.12. The summed E-state index contributed by atoms with van der Waals surface area (Å²) in [6.45, 7) is 1.20. The molecule has 0 aliphatic rings. The van der Waals surface area contributed by atoms with Gasteiger partial charge in [-0.15, -0.1) is 0 Å². The Kier molecular flexibility index (Phi) is 5.48. The summed E-state index contributed by atoms with van der Waals surface area (Å²) in [7, 11) is 1.98. The quantitative estimate of drug-likeness (QED) is 0.563. The van der Waals surface area contributed by atoms with Gasteiger partial charge in [0.2, 0.25) is 0 Å². The molecule has 0 saturated carbocycles. The topological polar surface area (TPSA) is 12.0 Å². The standard InChI is InChI=1S/C3H8N.Sn.H/c1-3-4-2;;/h4H,1,3H2,2H3;;. The molecule has 2 heteroatoms. The number of hydrogen-bond acceptors (Lipinski definition) is 1. The van der Waals surface area contributed by atoms with E-state index in [1.54, 1.807) is 0 Å². The fraction of sp³-hybridized carbons (Fsp3) is 1.00. The molecule has 0 bridgehead atoms. The number of hydrogen-bond donors (Lipinski definition) is 1. The van der Waals surface area contributed by atoms with Crippen molar-refractivity contribution < 1.29 is 0 Å². The van der Waals surface area contributed by atoms with Crippen LogP contribution >= 0.6 is 0 Å². The molecule has 30 valence electrons. The first-order chi connectivity index (χ1) is 2.41. The van der Waals surface area contributed by atoms with Crippen LogP contribution in [0.15, 0.2) is 0 Å². The van der Waals surface area contributed by atoms with E-state index in [2.05, 4.69) is 5.32 Å². The van der Waals surface area contributed by atoms with Crippen LogP contribution in [0, 0.1) is 0 Å². The van der Waals surface area contributed by atoms with Crippen LogP contribution in [0.1, 0.15) is 0 Å². The fourth-order valence-corrected chi connectivity index (χ4v) is 0.968. The van der Waals surface area contributed by atoms with Gasteiger partial charge in [0.1, 0.15) is 0 Å². The van der Waals surface area contributed by atoms with Gasteiger partial charge in [0.15, 0.2) is 0 Å². The van der Waals surface area contributed by atoms with Gasteiger partial charge in [0.25, 0.3) is 0 Å². The van der Waals surface area contributed by atoms with Crippen molar-refractivity contribution in [2.75, 3.05) is 13.6 Å².